The fraction of sp³-hybridized carbons (Fsp3) is 0.0714. The van der Waals surface area contributed by atoms with Crippen molar-refractivity contribution in [2.24, 2.45) is 0 Å². The first-order valence-corrected chi connectivity index (χ1v) is 7.90. The summed E-state index contributed by atoms with van der Waals surface area (Å²) in [6.07, 6.45) is 0. The highest BCUT2D eigenvalue weighted by Gasteiger charge is 2.15. The van der Waals surface area contributed by atoms with Gasteiger partial charge in [0.15, 0.2) is 0 Å². The zero-order chi connectivity index (χ0) is 14.5. The van der Waals surface area contributed by atoms with Crippen LogP contribution in [0.15, 0.2) is 47.3 Å². The second-order valence-corrected chi connectivity index (χ2v) is 5.84. The van der Waals surface area contributed by atoms with E-state index in [1.165, 1.54) is 22.7 Å². The molecule has 0 saturated heterocycles. The topological polar surface area (TPSA) is 64.1 Å². The van der Waals surface area contributed by atoms with Gasteiger partial charge in [0.2, 0.25) is 5.13 Å². The molecule has 0 saturated carbocycles. The standard InChI is InChI=1S/C14H11N3O2S2/c18-13(16-14-17-15-9-21-14)12-11(6-7-20-12)19-8-10-4-2-1-3-5-10/h1-7,9H,8H2,(H,16,17,18). The van der Waals surface area contributed by atoms with Crippen molar-refractivity contribution in [2.45, 2.75) is 6.61 Å². The van der Waals surface area contributed by atoms with Gasteiger partial charge in [-0.05, 0) is 17.0 Å². The van der Waals surface area contributed by atoms with Crippen molar-refractivity contribution in [3.8, 4) is 5.75 Å². The van der Waals surface area contributed by atoms with Crippen LogP contribution in [0.3, 0.4) is 0 Å². The van der Waals surface area contributed by atoms with Gasteiger partial charge in [-0.2, -0.15) is 0 Å². The fourth-order valence-corrected chi connectivity index (χ4v) is 2.86. The molecule has 0 unspecified atom stereocenters. The number of amides is 1. The maximum absolute atomic E-state index is 12.2. The zero-order valence-corrected chi connectivity index (χ0v) is 12.5. The van der Waals surface area contributed by atoms with Crippen LogP contribution in [-0.4, -0.2) is 16.1 Å². The van der Waals surface area contributed by atoms with Gasteiger partial charge in [0.1, 0.15) is 22.7 Å². The molecule has 106 valence electrons. The quantitative estimate of drug-likeness (QED) is 0.783. The minimum absolute atomic E-state index is 0.232. The fourth-order valence-electron chi connectivity index (χ4n) is 1.69. The van der Waals surface area contributed by atoms with Gasteiger partial charge in [-0.25, -0.2) is 0 Å². The molecule has 0 spiro atoms. The lowest BCUT2D eigenvalue weighted by molar-refractivity contribution is 0.102. The number of anilines is 1. The second-order valence-electron chi connectivity index (χ2n) is 4.09. The van der Waals surface area contributed by atoms with E-state index < -0.39 is 0 Å². The molecule has 1 amide bonds. The number of benzene rings is 1. The number of hydrogen-bond acceptors (Lipinski definition) is 6. The van der Waals surface area contributed by atoms with E-state index in [1.807, 2.05) is 35.7 Å². The van der Waals surface area contributed by atoms with Gasteiger partial charge < -0.3 is 4.74 Å². The summed E-state index contributed by atoms with van der Waals surface area (Å²) in [5.41, 5.74) is 2.62. The molecule has 0 bridgehead atoms. The molecule has 1 N–H and O–H groups in total. The molecule has 1 aromatic carbocycles. The minimum Gasteiger partial charge on any atom is -0.487 e. The van der Waals surface area contributed by atoms with Gasteiger partial charge in [0, 0.05) is 0 Å². The van der Waals surface area contributed by atoms with Crippen LogP contribution >= 0.6 is 22.7 Å². The van der Waals surface area contributed by atoms with Crippen molar-refractivity contribution in [2.75, 3.05) is 5.32 Å². The zero-order valence-electron chi connectivity index (χ0n) is 10.9. The first-order valence-electron chi connectivity index (χ1n) is 6.14. The molecule has 2 heterocycles. The summed E-state index contributed by atoms with van der Waals surface area (Å²) in [7, 11) is 0. The van der Waals surface area contributed by atoms with Gasteiger partial charge >= 0.3 is 0 Å². The van der Waals surface area contributed by atoms with Crippen LogP contribution < -0.4 is 10.1 Å². The molecule has 0 fully saturated rings. The normalized spacial score (nSPS) is 10.3. The van der Waals surface area contributed by atoms with Crippen molar-refractivity contribution in [1.29, 1.82) is 0 Å². The highest BCUT2D eigenvalue weighted by Crippen LogP contribution is 2.27. The summed E-state index contributed by atoms with van der Waals surface area (Å²) in [5.74, 6) is 0.343. The molecule has 3 rings (SSSR count). The largest absolute Gasteiger partial charge is 0.487 e. The van der Waals surface area contributed by atoms with E-state index in [4.69, 9.17) is 4.74 Å². The average Bonchev–Trinajstić information content (AvgIpc) is 3.17. The number of nitrogens with one attached hydrogen (secondary N) is 1. The van der Waals surface area contributed by atoms with Crippen LogP contribution in [0.4, 0.5) is 5.13 Å². The number of aromatic nitrogens is 2. The van der Waals surface area contributed by atoms with Crippen molar-refractivity contribution >= 4 is 33.7 Å². The smallest absolute Gasteiger partial charge is 0.271 e. The lowest BCUT2D eigenvalue weighted by Gasteiger charge is -2.07. The first kappa shape index (κ1) is 13.7. The van der Waals surface area contributed by atoms with Crippen LogP contribution in [0.2, 0.25) is 0 Å². The molecule has 3 aromatic rings. The number of carbonyl (C=O) groups excluding carboxylic acids is 1. The Labute approximate surface area is 129 Å². The highest BCUT2D eigenvalue weighted by atomic mass is 32.1. The Morgan fingerprint density at radius 1 is 1.19 bits per heavy atom. The number of thiophene rings is 1. The molecule has 21 heavy (non-hydrogen) atoms. The Kier molecular flexibility index (Phi) is 4.23. The molecule has 0 aliphatic heterocycles. The van der Waals surface area contributed by atoms with E-state index in [9.17, 15) is 4.79 Å². The van der Waals surface area contributed by atoms with Gasteiger partial charge in [-0.3, -0.25) is 10.1 Å². The Balaban J connectivity index is 1.67. The molecular formula is C14H11N3O2S2. The van der Waals surface area contributed by atoms with Crippen molar-refractivity contribution in [3.05, 3.63) is 57.7 Å². The molecule has 5 nitrogen and oxygen atoms in total. The lowest BCUT2D eigenvalue weighted by atomic mass is 10.2. The lowest BCUT2D eigenvalue weighted by Crippen LogP contribution is -2.11. The van der Waals surface area contributed by atoms with Crippen molar-refractivity contribution in [3.63, 3.8) is 0 Å². The number of carbonyl (C=O) groups is 1. The average molecular weight is 317 g/mol. The second kappa shape index (κ2) is 6.47. The van der Waals surface area contributed by atoms with Crippen molar-refractivity contribution in [1.82, 2.24) is 10.2 Å². The van der Waals surface area contributed by atoms with Gasteiger partial charge in [0.05, 0.1) is 0 Å². The number of nitrogens with zero attached hydrogens (tertiary/aromatic N) is 2. The van der Waals surface area contributed by atoms with E-state index in [0.717, 1.165) is 5.56 Å². The van der Waals surface area contributed by atoms with Crippen LogP contribution in [0.1, 0.15) is 15.2 Å². The molecule has 0 atom stereocenters. The predicted octanol–water partition coefficient (Wildman–Crippen LogP) is 3.43. The van der Waals surface area contributed by atoms with Crippen LogP contribution in [0, 0.1) is 0 Å². The van der Waals surface area contributed by atoms with Crippen LogP contribution in [0.5, 0.6) is 5.75 Å². The van der Waals surface area contributed by atoms with Gasteiger partial charge in [-0.15, -0.1) is 21.5 Å². The summed E-state index contributed by atoms with van der Waals surface area (Å²) >= 11 is 2.61. The van der Waals surface area contributed by atoms with Crippen LogP contribution in [-0.2, 0) is 6.61 Å². The van der Waals surface area contributed by atoms with Crippen LogP contribution in [0.25, 0.3) is 0 Å². The summed E-state index contributed by atoms with van der Waals surface area (Å²) in [4.78, 5) is 12.7. The van der Waals surface area contributed by atoms with Gasteiger partial charge in [0.25, 0.3) is 5.91 Å². The summed E-state index contributed by atoms with van der Waals surface area (Å²) in [6, 6.07) is 11.6. The molecule has 2 aromatic heterocycles. The molecule has 0 aliphatic rings. The third-order valence-corrected chi connectivity index (χ3v) is 4.15. The number of ether oxygens (including phenoxy) is 1. The van der Waals surface area contributed by atoms with Gasteiger partial charge in [-0.1, -0.05) is 41.7 Å². The Hall–Kier alpha value is -2.25. The highest BCUT2D eigenvalue weighted by molar-refractivity contribution is 7.14. The monoisotopic (exact) mass is 317 g/mol. The number of rotatable bonds is 5. The van der Waals surface area contributed by atoms with E-state index in [2.05, 4.69) is 15.5 Å². The van der Waals surface area contributed by atoms with Crippen molar-refractivity contribution < 1.29 is 9.53 Å². The van der Waals surface area contributed by atoms with E-state index in [1.54, 1.807) is 11.6 Å². The summed E-state index contributed by atoms with van der Waals surface area (Å²) in [6.45, 7) is 0.427. The molecule has 0 radical (unpaired) electrons. The Morgan fingerprint density at radius 2 is 2.05 bits per heavy atom. The Bertz CT molecular complexity index is 711. The molecular weight excluding hydrogens is 306 g/mol. The molecule has 0 aliphatic carbocycles. The van der Waals surface area contributed by atoms with E-state index in [-0.39, 0.29) is 5.91 Å². The minimum atomic E-state index is -0.232. The maximum Gasteiger partial charge on any atom is 0.271 e. The Morgan fingerprint density at radius 3 is 2.81 bits per heavy atom. The number of hydrogen-bond donors (Lipinski definition) is 1. The van der Waals surface area contributed by atoms with E-state index in [0.29, 0.717) is 22.4 Å². The third kappa shape index (κ3) is 3.45. The summed E-state index contributed by atoms with van der Waals surface area (Å²) in [5, 5.41) is 12.5. The summed E-state index contributed by atoms with van der Waals surface area (Å²) < 4.78 is 5.72. The predicted molar refractivity (Wildman–Crippen MR) is 83.0 cm³/mol. The molecule has 7 heteroatoms. The van der Waals surface area contributed by atoms with E-state index >= 15 is 0 Å². The first-order chi connectivity index (χ1) is 10.3. The SMILES string of the molecule is O=C(Nc1nncs1)c1sccc1OCc1ccccc1. The third-order valence-electron chi connectivity index (χ3n) is 2.65. The maximum atomic E-state index is 12.2.